The summed E-state index contributed by atoms with van der Waals surface area (Å²) in [4.78, 5) is 20.3. The number of rotatable bonds is 21. The molecule has 1 rings (SSSR count). The van der Waals surface area contributed by atoms with Crippen molar-refractivity contribution in [1.29, 1.82) is 0 Å². The molecule has 184 valence electrons. The highest BCUT2D eigenvalue weighted by atomic mass is 32.2. The fourth-order valence-electron chi connectivity index (χ4n) is 3.74. The molecule has 0 saturated heterocycles. The van der Waals surface area contributed by atoms with Gasteiger partial charge in [0.25, 0.3) is 0 Å². The summed E-state index contributed by atoms with van der Waals surface area (Å²) in [6.07, 6.45) is 11.1. The lowest BCUT2D eigenvalue weighted by Gasteiger charge is -2.25. The number of carbonyl (C=O) groups excluding carboxylic acids is 1. The Bertz CT molecular complexity index is 628. The molecule has 0 bridgehead atoms. The highest BCUT2D eigenvalue weighted by molar-refractivity contribution is 7.99. The van der Waals surface area contributed by atoms with Crippen molar-refractivity contribution < 1.29 is 23.9 Å². The van der Waals surface area contributed by atoms with Gasteiger partial charge in [-0.1, -0.05) is 69.4 Å². The first-order chi connectivity index (χ1) is 15.5. The first-order valence-electron chi connectivity index (χ1n) is 12.2. The summed E-state index contributed by atoms with van der Waals surface area (Å²) in [6.45, 7) is 2.12. The van der Waals surface area contributed by atoms with Gasteiger partial charge < -0.3 is 19.3 Å². The molecule has 0 radical (unpaired) electrons. The number of carbonyl (C=O) groups is 1. The monoisotopic (exact) mass is 486 g/mol. The number of aliphatic hydroxyl groups excluding tert-OH is 1. The normalized spacial score (nSPS) is 15.2. The maximum atomic E-state index is 12.3. The summed E-state index contributed by atoms with van der Waals surface area (Å²) >= 11 is 2.01. The van der Waals surface area contributed by atoms with Crippen molar-refractivity contribution in [2.75, 3.05) is 24.3 Å². The second-order valence-electron chi connectivity index (χ2n) is 8.42. The number of hydrogen-bond donors (Lipinski definition) is 2. The molecule has 0 fully saturated rings. The van der Waals surface area contributed by atoms with E-state index in [1.54, 1.807) is 0 Å². The zero-order valence-corrected chi connectivity index (χ0v) is 21.4. The zero-order valence-electron chi connectivity index (χ0n) is 19.7. The maximum absolute atomic E-state index is 12.3. The Balaban J connectivity index is 2.29. The van der Waals surface area contributed by atoms with E-state index >= 15 is 0 Å². The van der Waals surface area contributed by atoms with Crippen molar-refractivity contribution in [3.8, 4) is 0 Å². The molecule has 1 aromatic carbocycles. The summed E-state index contributed by atoms with van der Waals surface area (Å²) in [7, 11) is -3.78. The minimum atomic E-state index is -3.78. The van der Waals surface area contributed by atoms with Crippen molar-refractivity contribution in [3.63, 3.8) is 0 Å². The molecule has 2 N–H and O–H groups in total. The van der Waals surface area contributed by atoms with Gasteiger partial charge in [0.1, 0.15) is 6.29 Å². The summed E-state index contributed by atoms with van der Waals surface area (Å²) in [6, 6.07) is 9.80. The van der Waals surface area contributed by atoms with Gasteiger partial charge in [0.2, 0.25) is 0 Å². The first-order valence-corrected chi connectivity index (χ1v) is 15.1. The largest absolute Gasteiger partial charge is 0.392 e. The second kappa shape index (κ2) is 18.7. The predicted octanol–water partition coefficient (Wildman–Crippen LogP) is 6.58. The van der Waals surface area contributed by atoms with Crippen LogP contribution in [0.5, 0.6) is 0 Å². The van der Waals surface area contributed by atoms with E-state index in [-0.39, 0.29) is 18.7 Å². The van der Waals surface area contributed by atoms with Crippen molar-refractivity contribution in [2.45, 2.75) is 89.6 Å². The average molecular weight is 487 g/mol. The standard InChI is InChI=1S/C25H43O5PS/c1-2-19-30-31(28,29)22-25(27)24(23-15-9-8-10-16-23)17-11-4-3-6-13-20-32-21-14-7-5-12-18-26/h8-10,15-16,18,24-25,27H,2-7,11-14,17,19-22H2,1H3,(H,28,29). The molecular formula is C25H43O5PS. The van der Waals surface area contributed by atoms with E-state index in [1.165, 1.54) is 37.2 Å². The Morgan fingerprint density at radius 1 is 1.00 bits per heavy atom. The fraction of sp³-hybridized carbons (Fsp3) is 0.720. The van der Waals surface area contributed by atoms with Gasteiger partial charge in [-0.3, -0.25) is 4.57 Å². The minimum absolute atomic E-state index is 0.156. The minimum Gasteiger partial charge on any atom is -0.392 e. The molecule has 0 aliphatic carbocycles. The van der Waals surface area contributed by atoms with Gasteiger partial charge in [-0.2, -0.15) is 11.8 Å². The number of aldehydes is 1. The van der Waals surface area contributed by atoms with E-state index < -0.39 is 13.7 Å². The number of benzene rings is 1. The second-order valence-corrected chi connectivity index (χ2v) is 11.5. The molecule has 0 aliphatic rings. The van der Waals surface area contributed by atoms with Gasteiger partial charge in [0.05, 0.1) is 18.9 Å². The third-order valence-corrected chi connectivity index (χ3v) is 8.10. The third-order valence-electron chi connectivity index (χ3n) is 5.52. The van der Waals surface area contributed by atoms with Crippen LogP contribution in [0.1, 0.15) is 89.0 Å². The Morgan fingerprint density at radius 2 is 1.62 bits per heavy atom. The van der Waals surface area contributed by atoms with E-state index in [2.05, 4.69) is 0 Å². The van der Waals surface area contributed by atoms with Crippen LogP contribution in [-0.4, -0.2) is 46.7 Å². The van der Waals surface area contributed by atoms with Gasteiger partial charge in [0, 0.05) is 12.3 Å². The summed E-state index contributed by atoms with van der Waals surface area (Å²) in [5, 5.41) is 10.8. The van der Waals surface area contributed by atoms with Crippen LogP contribution in [0.25, 0.3) is 0 Å². The maximum Gasteiger partial charge on any atom is 0.330 e. The van der Waals surface area contributed by atoms with E-state index in [0.29, 0.717) is 12.8 Å². The van der Waals surface area contributed by atoms with Crippen molar-refractivity contribution in [2.24, 2.45) is 0 Å². The molecule has 7 heteroatoms. The predicted molar refractivity (Wildman–Crippen MR) is 136 cm³/mol. The van der Waals surface area contributed by atoms with Crippen LogP contribution < -0.4 is 0 Å². The van der Waals surface area contributed by atoms with Crippen LogP contribution in [0.3, 0.4) is 0 Å². The Hall–Kier alpha value is -0.650. The Labute approximate surface area is 199 Å². The SMILES string of the molecule is CCCOP(=O)(O)CC(O)C(CCCCCCCSCCCCCC=O)c1ccccc1. The van der Waals surface area contributed by atoms with Gasteiger partial charge in [0.15, 0.2) is 0 Å². The van der Waals surface area contributed by atoms with Gasteiger partial charge >= 0.3 is 7.60 Å². The highest BCUT2D eigenvalue weighted by Crippen LogP contribution is 2.45. The van der Waals surface area contributed by atoms with Crippen LogP contribution in [0.2, 0.25) is 0 Å². The zero-order chi connectivity index (χ0) is 23.5. The smallest absolute Gasteiger partial charge is 0.330 e. The fourth-order valence-corrected chi connectivity index (χ4v) is 6.06. The lowest BCUT2D eigenvalue weighted by molar-refractivity contribution is -0.107. The number of unbranched alkanes of at least 4 members (excludes halogenated alkanes) is 7. The molecule has 5 nitrogen and oxygen atoms in total. The van der Waals surface area contributed by atoms with Crippen LogP contribution >= 0.6 is 19.4 Å². The summed E-state index contributed by atoms with van der Waals surface area (Å²) in [5.74, 6) is 2.23. The van der Waals surface area contributed by atoms with Gasteiger partial charge in [-0.25, -0.2) is 0 Å². The third kappa shape index (κ3) is 14.5. The molecule has 0 spiro atoms. The quantitative estimate of drug-likeness (QED) is 0.116. The summed E-state index contributed by atoms with van der Waals surface area (Å²) in [5.41, 5.74) is 1.01. The molecule has 3 unspecified atom stereocenters. The molecule has 0 saturated carbocycles. The van der Waals surface area contributed by atoms with Crippen molar-refractivity contribution >= 4 is 25.6 Å². The summed E-state index contributed by atoms with van der Waals surface area (Å²) < 4.78 is 17.4. The number of thioether (sulfide) groups is 1. The molecule has 0 amide bonds. The van der Waals surface area contributed by atoms with Crippen LogP contribution in [0.4, 0.5) is 0 Å². The molecule has 3 atom stereocenters. The lowest BCUT2D eigenvalue weighted by Crippen LogP contribution is -2.23. The van der Waals surface area contributed by atoms with E-state index in [0.717, 1.165) is 44.0 Å². The molecule has 0 aliphatic heterocycles. The number of aliphatic hydroxyl groups is 1. The van der Waals surface area contributed by atoms with E-state index in [1.807, 2.05) is 49.0 Å². The van der Waals surface area contributed by atoms with E-state index in [9.17, 15) is 19.4 Å². The number of hydrogen-bond acceptors (Lipinski definition) is 5. The van der Waals surface area contributed by atoms with Gasteiger partial charge in [-0.15, -0.1) is 0 Å². The molecule has 0 heterocycles. The van der Waals surface area contributed by atoms with Crippen molar-refractivity contribution in [1.82, 2.24) is 0 Å². The Morgan fingerprint density at radius 3 is 2.28 bits per heavy atom. The lowest BCUT2D eigenvalue weighted by atomic mass is 9.89. The molecular weight excluding hydrogens is 443 g/mol. The van der Waals surface area contributed by atoms with Crippen LogP contribution in [0.15, 0.2) is 30.3 Å². The molecule has 0 aromatic heterocycles. The topological polar surface area (TPSA) is 83.8 Å². The van der Waals surface area contributed by atoms with Crippen LogP contribution in [-0.2, 0) is 13.9 Å². The molecule has 32 heavy (non-hydrogen) atoms. The Kier molecular flexibility index (Phi) is 17.2. The highest BCUT2D eigenvalue weighted by Gasteiger charge is 2.30. The van der Waals surface area contributed by atoms with Crippen LogP contribution in [0, 0.1) is 0 Å². The van der Waals surface area contributed by atoms with E-state index in [4.69, 9.17) is 4.52 Å². The average Bonchev–Trinajstić information content (AvgIpc) is 2.78. The molecule has 1 aromatic rings. The van der Waals surface area contributed by atoms with Gasteiger partial charge in [-0.05, 0) is 49.2 Å². The van der Waals surface area contributed by atoms with Crippen molar-refractivity contribution in [3.05, 3.63) is 35.9 Å². The first kappa shape index (κ1) is 29.4.